The van der Waals surface area contributed by atoms with E-state index in [1.165, 1.54) is 18.2 Å². The minimum Gasteiger partial charge on any atom is -0.349 e. The number of amides is 1. The topological polar surface area (TPSA) is 77.6 Å². The predicted octanol–water partition coefficient (Wildman–Crippen LogP) is 4.89. The first-order chi connectivity index (χ1) is 16.1. The van der Waals surface area contributed by atoms with Crippen LogP contribution in [0.15, 0.2) is 24.5 Å². The zero-order valence-corrected chi connectivity index (χ0v) is 18.1. The summed E-state index contributed by atoms with van der Waals surface area (Å²) in [6, 6.07) is 3.96. The van der Waals surface area contributed by atoms with E-state index < -0.39 is 47.0 Å². The van der Waals surface area contributed by atoms with E-state index in [2.05, 4.69) is 20.5 Å². The maximum Gasteiger partial charge on any atom is 0.459 e. The molecule has 0 saturated heterocycles. The van der Waals surface area contributed by atoms with Gasteiger partial charge in [0.25, 0.3) is 5.91 Å². The van der Waals surface area contributed by atoms with Gasteiger partial charge in [-0.15, -0.1) is 5.10 Å². The minimum atomic E-state index is -6.33. The first-order valence-electron chi connectivity index (χ1n) is 9.73. The van der Waals surface area contributed by atoms with Gasteiger partial charge in [0.15, 0.2) is 11.5 Å². The van der Waals surface area contributed by atoms with Crippen LogP contribution in [0.1, 0.15) is 34.5 Å². The van der Waals surface area contributed by atoms with Gasteiger partial charge in [-0.3, -0.25) is 9.48 Å². The molecule has 1 amide bonds. The zero-order valence-electron chi connectivity index (χ0n) is 17.3. The Morgan fingerprint density at radius 2 is 1.74 bits per heavy atom. The van der Waals surface area contributed by atoms with Crippen molar-refractivity contribution in [2.24, 2.45) is 7.05 Å². The molecule has 16 heteroatoms. The fourth-order valence-corrected chi connectivity index (χ4v) is 3.42. The van der Waals surface area contributed by atoms with Crippen LogP contribution in [0.3, 0.4) is 0 Å². The number of rotatable bonds is 5. The molecule has 2 heterocycles. The van der Waals surface area contributed by atoms with Crippen molar-refractivity contribution in [2.45, 2.75) is 37.2 Å². The number of nitrogens with one attached hydrogen (secondary N) is 1. The Labute approximate surface area is 195 Å². The second-order valence-electron chi connectivity index (χ2n) is 7.69. The lowest BCUT2D eigenvalue weighted by molar-refractivity contribution is -0.292. The van der Waals surface area contributed by atoms with Crippen LogP contribution in [-0.2, 0) is 19.1 Å². The summed E-state index contributed by atoms with van der Waals surface area (Å²) in [5.74, 6) is -7.21. The summed E-state index contributed by atoms with van der Waals surface area (Å²) in [5.41, 5.74) is -5.88. The van der Waals surface area contributed by atoms with E-state index in [1.807, 2.05) is 0 Å². The normalized spacial score (nSPS) is 14.9. The quantitative estimate of drug-likeness (QED) is 0.479. The third kappa shape index (κ3) is 4.56. The van der Waals surface area contributed by atoms with Gasteiger partial charge in [0.05, 0.1) is 16.3 Å². The van der Waals surface area contributed by atoms with Crippen molar-refractivity contribution in [1.29, 1.82) is 0 Å². The standard InChI is InChI=1S/C19H13ClF8N6O/c1-33-13(12(18(23,24)25)14(31-33)17(21,22)19(26,27)28)15-29-7-34(32-15)9-4-5-11(20)10(6-9)16(35)30-8-2-3-8/h4-8H,2-3H2,1H3,(H,30,35). The molecule has 1 aliphatic rings. The molecule has 0 unspecified atom stereocenters. The summed E-state index contributed by atoms with van der Waals surface area (Å²) in [5, 5.41) is 9.41. The molecule has 1 aromatic carbocycles. The summed E-state index contributed by atoms with van der Waals surface area (Å²) in [6.07, 6.45) is -9.47. The van der Waals surface area contributed by atoms with Crippen LogP contribution in [0.25, 0.3) is 17.2 Å². The smallest absolute Gasteiger partial charge is 0.349 e. The van der Waals surface area contributed by atoms with Gasteiger partial charge in [0, 0.05) is 13.1 Å². The summed E-state index contributed by atoms with van der Waals surface area (Å²) in [4.78, 5) is 16.0. The second kappa shape index (κ2) is 8.17. The Morgan fingerprint density at radius 3 is 2.31 bits per heavy atom. The Bertz CT molecular complexity index is 1290. The second-order valence-corrected chi connectivity index (χ2v) is 8.10. The molecule has 1 fully saturated rings. The highest BCUT2D eigenvalue weighted by Crippen LogP contribution is 2.49. The molecule has 3 aromatic rings. The van der Waals surface area contributed by atoms with E-state index in [4.69, 9.17) is 11.6 Å². The highest BCUT2D eigenvalue weighted by molar-refractivity contribution is 6.33. The molecular weight excluding hydrogens is 516 g/mol. The number of halogens is 9. The lowest BCUT2D eigenvalue weighted by Gasteiger charge is -2.19. The molecule has 0 radical (unpaired) electrons. The molecule has 7 nitrogen and oxygen atoms in total. The fraction of sp³-hybridized carbons (Fsp3) is 0.368. The van der Waals surface area contributed by atoms with Gasteiger partial charge in [0.1, 0.15) is 17.6 Å². The first kappa shape index (κ1) is 24.9. The molecule has 188 valence electrons. The monoisotopic (exact) mass is 528 g/mol. The van der Waals surface area contributed by atoms with Gasteiger partial charge >= 0.3 is 18.3 Å². The van der Waals surface area contributed by atoms with Crippen LogP contribution >= 0.6 is 11.6 Å². The molecule has 35 heavy (non-hydrogen) atoms. The molecule has 1 aliphatic carbocycles. The van der Waals surface area contributed by atoms with Gasteiger partial charge in [-0.25, -0.2) is 9.67 Å². The number of benzene rings is 1. The molecule has 4 rings (SSSR count). The SMILES string of the molecule is Cn1nc(C(F)(F)C(F)(F)F)c(C(F)(F)F)c1-c1ncn(-c2ccc(Cl)c(C(=O)NC3CC3)c2)n1. The lowest BCUT2D eigenvalue weighted by atomic mass is 10.1. The van der Waals surface area contributed by atoms with Crippen molar-refractivity contribution in [3.8, 4) is 17.2 Å². The highest BCUT2D eigenvalue weighted by Gasteiger charge is 2.64. The van der Waals surface area contributed by atoms with Crippen molar-refractivity contribution >= 4 is 17.5 Å². The molecule has 0 aliphatic heterocycles. The molecule has 0 spiro atoms. The Morgan fingerprint density at radius 1 is 1.09 bits per heavy atom. The van der Waals surface area contributed by atoms with Crippen molar-refractivity contribution < 1.29 is 39.9 Å². The van der Waals surface area contributed by atoms with Gasteiger partial charge in [-0.2, -0.15) is 40.2 Å². The van der Waals surface area contributed by atoms with E-state index in [-0.39, 0.29) is 27.0 Å². The Balaban J connectivity index is 1.79. The number of carbonyl (C=O) groups excluding carboxylic acids is 1. The van der Waals surface area contributed by atoms with E-state index in [0.29, 0.717) is 0 Å². The maximum absolute atomic E-state index is 13.9. The van der Waals surface area contributed by atoms with E-state index in [0.717, 1.165) is 30.9 Å². The number of alkyl halides is 8. The van der Waals surface area contributed by atoms with Crippen LogP contribution in [0.5, 0.6) is 0 Å². The summed E-state index contributed by atoms with van der Waals surface area (Å²) in [7, 11) is 0.754. The number of carbonyl (C=O) groups is 1. The van der Waals surface area contributed by atoms with Crippen molar-refractivity contribution in [3.05, 3.63) is 46.4 Å². The van der Waals surface area contributed by atoms with Crippen molar-refractivity contribution in [2.75, 3.05) is 0 Å². The molecule has 1 N–H and O–H groups in total. The molecular formula is C19H13ClF8N6O. The van der Waals surface area contributed by atoms with Crippen LogP contribution in [0.4, 0.5) is 35.1 Å². The number of nitrogens with zero attached hydrogens (tertiary/aromatic N) is 5. The van der Waals surface area contributed by atoms with E-state index in [1.54, 1.807) is 0 Å². The van der Waals surface area contributed by atoms with Crippen molar-refractivity contribution in [1.82, 2.24) is 29.9 Å². The van der Waals surface area contributed by atoms with E-state index >= 15 is 0 Å². The number of hydrogen-bond donors (Lipinski definition) is 1. The van der Waals surface area contributed by atoms with Gasteiger partial charge < -0.3 is 5.32 Å². The summed E-state index contributed by atoms with van der Waals surface area (Å²) in [6.45, 7) is 0. The van der Waals surface area contributed by atoms with Crippen LogP contribution < -0.4 is 5.32 Å². The Kier molecular flexibility index (Phi) is 5.81. The highest BCUT2D eigenvalue weighted by atomic mass is 35.5. The van der Waals surface area contributed by atoms with Crippen LogP contribution in [-0.4, -0.2) is 42.7 Å². The van der Waals surface area contributed by atoms with E-state index in [9.17, 15) is 39.9 Å². The van der Waals surface area contributed by atoms with Gasteiger partial charge in [0.2, 0.25) is 0 Å². The maximum atomic E-state index is 13.9. The zero-order chi connectivity index (χ0) is 25.9. The fourth-order valence-electron chi connectivity index (χ4n) is 3.22. The third-order valence-corrected chi connectivity index (χ3v) is 5.39. The largest absolute Gasteiger partial charge is 0.459 e. The van der Waals surface area contributed by atoms with Crippen LogP contribution in [0.2, 0.25) is 5.02 Å². The van der Waals surface area contributed by atoms with Gasteiger partial charge in [-0.1, -0.05) is 11.6 Å². The third-order valence-electron chi connectivity index (χ3n) is 5.06. The average molecular weight is 529 g/mol. The van der Waals surface area contributed by atoms with Gasteiger partial charge in [-0.05, 0) is 31.0 Å². The average Bonchev–Trinajstić information content (AvgIpc) is 3.27. The summed E-state index contributed by atoms with van der Waals surface area (Å²) >= 11 is 6.05. The summed E-state index contributed by atoms with van der Waals surface area (Å²) < 4.78 is 108. The number of hydrogen-bond acceptors (Lipinski definition) is 4. The predicted molar refractivity (Wildman–Crippen MR) is 104 cm³/mol. The Hall–Kier alpha value is -3.23. The molecule has 0 bridgehead atoms. The first-order valence-corrected chi connectivity index (χ1v) is 10.1. The number of aryl methyl sites for hydroxylation is 1. The minimum absolute atomic E-state index is 0.00912. The number of aromatic nitrogens is 5. The van der Waals surface area contributed by atoms with Crippen molar-refractivity contribution in [3.63, 3.8) is 0 Å². The molecule has 1 saturated carbocycles. The lowest BCUT2D eigenvalue weighted by Crippen LogP contribution is -2.36. The molecule has 2 aromatic heterocycles. The van der Waals surface area contributed by atoms with Crippen LogP contribution in [0, 0.1) is 0 Å². The molecule has 0 atom stereocenters.